The van der Waals surface area contributed by atoms with Crippen molar-refractivity contribution >= 4 is 23.7 Å². The summed E-state index contributed by atoms with van der Waals surface area (Å²) < 4.78 is 6.04. The number of benzene rings is 1. The highest BCUT2D eigenvalue weighted by atomic mass is 32.2. The van der Waals surface area contributed by atoms with Crippen molar-refractivity contribution in [2.75, 3.05) is 31.8 Å². The largest absolute Gasteiger partial charge is 0.493 e. The number of nitrogens with zero attached hydrogens (tertiary/aromatic N) is 4. The van der Waals surface area contributed by atoms with Gasteiger partial charge in [0.15, 0.2) is 0 Å². The molecule has 3 N–H and O–H groups in total. The first-order valence-corrected chi connectivity index (χ1v) is 12.2. The molecule has 34 heavy (non-hydrogen) atoms. The lowest BCUT2D eigenvalue weighted by atomic mass is 9.84. The van der Waals surface area contributed by atoms with Gasteiger partial charge in [-0.2, -0.15) is 17.0 Å². The summed E-state index contributed by atoms with van der Waals surface area (Å²) in [6.07, 6.45) is 2.87. The lowest BCUT2D eigenvalue weighted by molar-refractivity contribution is -0.133. The third-order valence-corrected chi connectivity index (χ3v) is 7.84. The number of pyridine rings is 1. The van der Waals surface area contributed by atoms with Gasteiger partial charge in [0, 0.05) is 48.1 Å². The third-order valence-electron chi connectivity index (χ3n) is 6.58. The first kappa shape index (κ1) is 22.7. The number of fused-ring (bicyclic) bond motifs is 4. The maximum atomic E-state index is 11.4. The van der Waals surface area contributed by atoms with Crippen molar-refractivity contribution in [3.63, 3.8) is 0 Å². The van der Waals surface area contributed by atoms with E-state index >= 15 is 0 Å². The van der Waals surface area contributed by atoms with E-state index in [4.69, 9.17) is 14.7 Å². The molecule has 2 unspecified atom stereocenters. The number of rotatable bonds is 2. The average Bonchev–Trinajstić information content (AvgIpc) is 2.98. The van der Waals surface area contributed by atoms with Crippen LogP contribution in [0.25, 0.3) is 11.1 Å². The van der Waals surface area contributed by atoms with Crippen LogP contribution in [-0.4, -0.2) is 58.0 Å². The molecular formula is C25H27N5O3S. The molecule has 0 saturated heterocycles. The minimum absolute atomic E-state index is 0.0215. The summed E-state index contributed by atoms with van der Waals surface area (Å²) in [6.45, 7) is 4.29. The van der Waals surface area contributed by atoms with Crippen molar-refractivity contribution in [3.05, 3.63) is 52.1 Å². The molecule has 176 valence electrons. The molecule has 4 heterocycles. The van der Waals surface area contributed by atoms with Crippen LogP contribution in [0.2, 0.25) is 0 Å². The van der Waals surface area contributed by atoms with Gasteiger partial charge < -0.3 is 25.2 Å². The van der Waals surface area contributed by atoms with E-state index in [9.17, 15) is 15.5 Å². The number of ether oxygens (including phenoxy) is 1. The van der Waals surface area contributed by atoms with Crippen molar-refractivity contribution in [2.24, 2.45) is 4.99 Å². The number of nitriles is 1. The van der Waals surface area contributed by atoms with Crippen LogP contribution in [0.4, 0.5) is 5.69 Å². The standard InChI is InChI=1S/C25H27N5O3S/c1-13-20(15-5-6-18-16(11-15)23-19(7-9-33-18)34-10-8-27-23)21-22(14(2)28-13)29-24(30(3)4)17(12-26)25(21,31)32/h5-6,8,11,19,23,29,31-32H,7,9-10H2,1-4H3. The Hall–Kier alpha value is -3.06. The number of anilines is 1. The number of nitrogens with one attached hydrogen (secondary N) is 1. The van der Waals surface area contributed by atoms with Crippen LogP contribution in [0.1, 0.15) is 35.0 Å². The predicted octanol–water partition coefficient (Wildman–Crippen LogP) is 3.23. The van der Waals surface area contributed by atoms with Gasteiger partial charge in [-0.25, -0.2) is 0 Å². The fraction of sp³-hybridized carbons (Fsp3) is 0.400. The molecule has 0 radical (unpaired) electrons. The summed E-state index contributed by atoms with van der Waals surface area (Å²) in [5.41, 5.74) is 4.15. The molecule has 8 nitrogen and oxygen atoms in total. The van der Waals surface area contributed by atoms with Gasteiger partial charge in [-0.3, -0.25) is 9.98 Å². The van der Waals surface area contributed by atoms with Crippen LogP contribution in [0.15, 0.2) is 34.6 Å². The van der Waals surface area contributed by atoms with Gasteiger partial charge in [-0.15, -0.1) is 0 Å². The van der Waals surface area contributed by atoms with Gasteiger partial charge in [0.25, 0.3) is 0 Å². The summed E-state index contributed by atoms with van der Waals surface area (Å²) >= 11 is 1.88. The number of aliphatic hydroxyl groups is 2. The van der Waals surface area contributed by atoms with Gasteiger partial charge >= 0.3 is 0 Å². The minimum Gasteiger partial charge on any atom is -0.493 e. The highest BCUT2D eigenvalue weighted by Gasteiger charge is 2.44. The lowest BCUT2D eigenvalue weighted by Gasteiger charge is -2.37. The molecule has 3 aliphatic heterocycles. The van der Waals surface area contributed by atoms with E-state index in [1.807, 2.05) is 56.1 Å². The first-order chi connectivity index (χ1) is 16.2. The second kappa shape index (κ2) is 8.31. The van der Waals surface area contributed by atoms with Crippen molar-refractivity contribution in [1.29, 1.82) is 5.26 Å². The van der Waals surface area contributed by atoms with Crippen LogP contribution in [0, 0.1) is 25.2 Å². The second-order valence-corrected chi connectivity index (χ2v) is 10.2. The molecule has 1 aromatic heterocycles. The van der Waals surface area contributed by atoms with Crippen LogP contribution in [0.3, 0.4) is 0 Å². The Morgan fingerprint density at radius 2 is 2.06 bits per heavy atom. The fourth-order valence-corrected chi connectivity index (χ4v) is 6.11. The molecular weight excluding hydrogens is 450 g/mol. The van der Waals surface area contributed by atoms with E-state index in [-0.39, 0.29) is 17.2 Å². The number of hydrogen-bond donors (Lipinski definition) is 3. The van der Waals surface area contributed by atoms with Crippen LogP contribution >= 0.6 is 11.8 Å². The molecule has 1 aromatic carbocycles. The van der Waals surface area contributed by atoms with Crippen LogP contribution in [-0.2, 0) is 5.79 Å². The normalized spacial score (nSPS) is 22.4. The smallest absolute Gasteiger partial charge is 0.233 e. The Bertz CT molecular complexity index is 1280. The zero-order valence-electron chi connectivity index (χ0n) is 19.6. The SMILES string of the molecule is Cc1nc(C)c(-c2ccc3c(c2)C2N=CCSC2CCO3)c2c1NC(N(C)C)=C(C#N)C2(O)O. The zero-order valence-corrected chi connectivity index (χ0v) is 20.4. The number of hydrogen-bond acceptors (Lipinski definition) is 9. The van der Waals surface area contributed by atoms with E-state index in [0.29, 0.717) is 40.3 Å². The number of aryl methyl sites for hydroxylation is 2. The summed E-state index contributed by atoms with van der Waals surface area (Å²) in [4.78, 5) is 11.2. The summed E-state index contributed by atoms with van der Waals surface area (Å²) in [7, 11) is 3.48. The Balaban J connectivity index is 1.74. The van der Waals surface area contributed by atoms with E-state index in [0.717, 1.165) is 29.1 Å². The molecule has 0 amide bonds. The molecule has 0 spiro atoms. The summed E-state index contributed by atoms with van der Waals surface area (Å²) in [5.74, 6) is -0.475. The quantitative estimate of drug-likeness (QED) is 0.565. The molecule has 2 aromatic rings. The second-order valence-electron chi connectivity index (χ2n) is 8.97. The molecule has 5 rings (SSSR count). The summed E-state index contributed by atoms with van der Waals surface area (Å²) in [5, 5.41) is 36.2. The average molecular weight is 478 g/mol. The number of aromatic nitrogens is 1. The maximum Gasteiger partial charge on any atom is 0.233 e. The Kier molecular flexibility index (Phi) is 5.55. The van der Waals surface area contributed by atoms with Gasteiger partial charge in [0.05, 0.1) is 29.6 Å². The lowest BCUT2D eigenvalue weighted by Crippen LogP contribution is -2.39. The Morgan fingerprint density at radius 3 is 2.79 bits per heavy atom. The van der Waals surface area contributed by atoms with E-state index in [1.54, 1.807) is 19.0 Å². The topological polar surface area (TPSA) is 114 Å². The summed E-state index contributed by atoms with van der Waals surface area (Å²) in [6, 6.07) is 7.83. The van der Waals surface area contributed by atoms with E-state index in [1.165, 1.54) is 0 Å². The van der Waals surface area contributed by atoms with Crippen LogP contribution < -0.4 is 10.1 Å². The Morgan fingerprint density at radius 1 is 1.26 bits per heavy atom. The van der Waals surface area contributed by atoms with Crippen molar-refractivity contribution in [1.82, 2.24) is 9.88 Å². The number of thioether (sulfide) groups is 1. The van der Waals surface area contributed by atoms with Gasteiger partial charge in [-0.1, -0.05) is 6.07 Å². The van der Waals surface area contributed by atoms with E-state index in [2.05, 4.69) is 5.32 Å². The maximum absolute atomic E-state index is 11.4. The molecule has 3 aliphatic rings. The molecule has 9 heteroatoms. The fourth-order valence-electron chi connectivity index (χ4n) is 5.03. The van der Waals surface area contributed by atoms with Gasteiger partial charge in [0.1, 0.15) is 23.2 Å². The molecule has 0 saturated carbocycles. The van der Waals surface area contributed by atoms with Crippen molar-refractivity contribution < 1.29 is 14.9 Å². The van der Waals surface area contributed by atoms with Crippen molar-refractivity contribution in [2.45, 2.75) is 37.3 Å². The molecule has 0 fully saturated rings. The highest BCUT2D eigenvalue weighted by molar-refractivity contribution is 8.00. The number of aliphatic imine (C=N–C) groups is 1. The predicted molar refractivity (Wildman–Crippen MR) is 133 cm³/mol. The monoisotopic (exact) mass is 477 g/mol. The molecule has 0 aliphatic carbocycles. The molecule has 0 bridgehead atoms. The van der Waals surface area contributed by atoms with Gasteiger partial charge in [0.2, 0.25) is 5.79 Å². The van der Waals surface area contributed by atoms with Crippen molar-refractivity contribution in [3.8, 4) is 22.9 Å². The van der Waals surface area contributed by atoms with E-state index < -0.39 is 5.79 Å². The molecule has 2 atom stereocenters. The van der Waals surface area contributed by atoms with Gasteiger partial charge in [-0.05, 0) is 38.0 Å². The Labute approximate surface area is 203 Å². The zero-order chi connectivity index (χ0) is 24.2. The minimum atomic E-state index is -2.49. The first-order valence-electron chi connectivity index (χ1n) is 11.2. The highest BCUT2D eigenvalue weighted by Crippen LogP contribution is 2.48. The van der Waals surface area contributed by atoms with Crippen LogP contribution in [0.5, 0.6) is 5.75 Å². The third kappa shape index (κ3) is 3.45.